The normalized spacial score (nSPS) is 17.4. The van der Waals surface area contributed by atoms with Gasteiger partial charge in [0.1, 0.15) is 35.6 Å². The van der Waals surface area contributed by atoms with Crippen LogP contribution in [0.25, 0.3) is 22.6 Å². The van der Waals surface area contributed by atoms with Gasteiger partial charge in [0.25, 0.3) is 5.89 Å². The lowest BCUT2D eigenvalue weighted by Gasteiger charge is -2.33. The molecule has 1 N–H and O–H groups in total. The summed E-state index contributed by atoms with van der Waals surface area (Å²) in [6.45, 7) is 5.43. The lowest BCUT2D eigenvalue weighted by atomic mass is 9.88. The molecule has 4 heterocycles. The molecule has 7 nitrogen and oxygen atoms in total. The van der Waals surface area contributed by atoms with E-state index >= 15 is 0 Å². The van der Waals surface area contributed by atoms with Gasteiger partial charge in [-0.05, 0) is 68.1 Å². The number of aryl methyl sites for hydroxylation is 1. The molecule has 0 spiro atoms. The number of aromatic nitrogens is 1. The molecule has 2 aromatic heterocycles. The van der Waals surface area contributed by atoms with Gasteiger partial charge in [0.2, 0.25) is 0 Å². The number of aliphatic hydroxyl groups excluding tert-OH is 1. The number of benzene rings is 2. The molecular weight excluding hydrogens is 444 g/mol. The summed E-state index contributed by atoms with van der Waals surface area (Å²) in [5.74, 6) is 4.03. The SMILES string of the molecule is Cc1cnc(-c2cc3c(OC[C@@H](O)CN4CCC(c5ccc6c(c5)CCO6)CC4)cccc3o2)o1. The number of hydrogen-bond acceptors (Lipinski definition) is 7. The van der Waals surface area contributed by atoms with Gasteiger partial charge in [-0.2, -0.15) is 0 Å². The zero-order valence-electron chi connectivity index (χ0n) is 19.9. The van der Waals surface area contributed by atoms with Crippen LogP contribution in [0.1, 0.15) is 35.6 Å². The second-order valence-electron chi connectivity index (χ2n) is 9.56. The Labute approximate surface area is 204 Å². The number of ether oxygens (including phenoxy) is 2. The van der Waals surface area contributed by atoms with E-state index in [2.05, 4.69) is 28.1 Å². The van der Waals surface area contributed by atoms with Crippen LogP contribution in [0, 0.1) is 6.92 Å². The Morgan fingerprint density at radius 1 is 1.14 bits per heavy atom. The molecule has 0 aliphatic carbocycles. The van der Waals surface area contributed by atoms with Crippen LogP contribution in [-0.2, 0) is 6.42 Å². The summed E-state index contributed by atoms with van der Waals surface area (Å²) in [6, 6.07) is 14.2. The molecule has 0 radical (unpaired) electrons. The number of hydrogen-bond donors (Lipinski definition) is 1. The molecule has 0 amide bonds. The highest BCUT2D eigenvalue weighted by Crippen LogP contribution is 2.35. The number of oxazole rings is 1. The number of likely N-dealkylation sites (tertiary alicyclic amines) is 1. The number of β-amino-alcohol motifs (C(OH)–C–C–N with tert-alkyl or cyclic N) is 1. The maximum atomic E-state index is 10.7. The quantitative estimate of drug-likeness (QED) is 0.406. The van der Waals surface area contributed by atoms with Crippen molar-refractivity contribution in [1.29, 1.82) is 0 Å². The molecule has 1 fully saturated rings. The van der Waals surface area contributed by atoms with E-state index in [-0.39, 0.29) is 6.61 Å². The van der Waals surface area contributed by atoms with E-state index < -0.39 is 6.10 Å². The molecular formula is C28H30N2O5. The molecule has 182 valence electrons. The summed E-state index contributed by atoms with van der Waals surface area (Å²) in [7, 11) is 0. The number of fused-ring (bicyclic) bond motifs is 2. The Morgan fingerprint density at radius 2 is 2.03 bits per heavy atom. The average Bonchev–Trinajstić information content (AvgIpc) is 3.62. The Bertz CT molecular complexity index is 1320. The van der Waals surface area contributed by atoms with E-state index in [1.165, 1.54) is 11.1 Å². The Hall–Kier alpha value is -3.29. The Morgan fingerprint density at radius 3 is 2.86 bits per heavy atom. The topological polar surface area (TPSA) is 81.1 Å². The molecule has 2 aliphatic rings. The third-order valence-corrected chi connectivity index (χ3v) is 7.03. The zero-order chi connectivity index (χ0) is 23.8. The van der Waals surface area contributed by atoms with E-state index in [9.17, 15) is 5.11 Å². The van der Waals surface area contributed by atoms with Crippen LogP contribution in [-0.4, -0.2) is 53.9 Å². The first kappa shape index (κ1) is 22.2. The van der Waals surface area contributed by atoms with Gasteiger partial charge in [0.15, 0.2) is 5.76 Å². The molecule has 35 heavy (non-hydrogen) atoms. The van der Waals surface area contributed by atoms with E-state index in [1.807, 2.05) is 31.2 Å². The number of nitrogens with zero attached hydrogens (tertiary/aromatic N) is 2. The average molecular weight is 475 g/mol. The highest BCUT2D eigenvalue weighted by Gasteiger charge is 2.24. The molecule has 1 saturated heterocycles. The van der Waals surface area contributed by atoms with E-state index in [4.69, 9.17) is 18.3 Å². The first-order chi connectivity index (χ1) is 17.1. The second-order valence-corrected chi connectivity index (χ2v) is 9.56. The van der Waals surface area contributed by atoms with Crippen LogP contribution in [0.3, 0.4) is 0 Å². The van der Waals surface area contributed by atoms with E-state index in [0.717, 1.165) is 55.9 Å². The standard InChI is InChI=1S/C28H30N2O5/c1-18-15-29-28(34-18)27-14-23-25(3-2-4-26(23)35-27)33-17-22(31)16-30-10-7-19(8-11-30)20-5-6-24-21(13-20)9-12-32-24/h2-6,13-15,19,22,31H,7-12,16-17H2,1H3/t22-/m0/s1. The molecule has 2 aromatic carbocycles. The summed E-state index contributed by atoms with van der Waals surface area (Å²) < 4.78 is 23.1. The highest BCUT2D eigenvalue weighted by molar-refractivity contribution is 5.87. The molecule has 6 rings (SSSR count). The van der Waals surface area contributed by atoms with Gasteiger partial charge in [-0.3, -0.25) is 0 Å². The number of rotatable bonds is 7. The number of aliphatic hydroxyl groups is 1. The number of piperidine rings is 1. The van der Waals surface area contributed by atoms with Crippen molar-refractivity contribution < 1.29 is 23.4 Å². The van der Waals surface area contributed by atoms with Crippen LogP contribution in [0.15, 0.2) is 57.5 Å². The minimum absolute atomic E-state index is 0.225. The summed E-state index contributed by atoms with van der Waals surface area (Å²) in [5, 5.41) is 11.5. The van der Waals surface area contributed by atoms with Crippen LogP contribution in [0.2, 0.25) is 0 Å². The van der Waals surface area contributed by atoms with Crippen molar-refractivity contribution in [3.05, 3.63) is 65.5 Å². The van der Waals surface area contributed by atoms with Gasteiger partial charge in [-0.15, -0.1) is 0 Å². The molecule has 0 saturated carbocycles. The minimum atomic E-state index is -0.570. The number of furan rings is 1. The highest BCUT2D eigenvalue weighted by atomic mass is 16.5. The van der Waals surface area contributed by atoms with Crippen molar-refractivity contribution in [2.75, 3.05) is 32.8 Å². The molecule has 7 heteroatoms. The first-order valence-electron chi connectivity index (χ1n) is 12.4. The third kappa shape index (κ3) is 4.66. The van der Waals surface area contributed by atoms with Crippen LogP contribution < -0.4 is 9.47 Å². The maximum Gasteiger partial charge on any atom is 0.263 e. The van der Waals surface area contributed by atoms with Crippen LogP contribution in [0.5, 0.6) is 11.5 Å². The van der Waals surface area contributed by atoms with Gasteiger partial charge in [0, 0.05) is 19.0 Å². The lowest BCUT2D eigenvalue weighted by molar-refractivity contribution is 0.0599. The van der Waals surface area contributed by atoms with Crippen molar-refractivity contribution in [2.45, 2.75) is 38.2 Å². The second kappa shape index (κ2) is 9.40. The predicted octanol–water partition coefficient (Wildman–Crippen LogP) is 4.95. The third-order valence-electron chi connectivity index (χ3n) is 7.03. The fourth-order valence-corrected chi connectivity index (χ4v) is 5.18. The van der Waals surface area contributed by atoms with Gasteiger partial charge in [-0.25, -0.2) is 4.98 Å². The van der Waals surface area contributed by atoms with E-state index in [1.54, 1.807) is 6.20 Å². The molecule has 2 aliphatic heterocycles. The lowest BCUT2D eigenvalue weighted by Crippen LogP contribution is -2.40. The smallest absolute Gasteiger partial charge is 0.263 e. The van der Waals surface area contributed by atoms with Crippen molar-refractivity contribution in [2.24, 2.45) is 0 Å². The van der Waals surface area contributed by atoms with Gasteiger partial charge in [-0.1, -0.05) is 18.2 Å². The minimum Gasteiger partial charge on any atom is -0.493 e. The predicted molar refractivity (Wildman–Crippen MR) is 132 cm³/mol. The summed E-state index contributed by atoms with van der Waals surface area (Å²) in [4.78, 5) is 6.57. The summed E-state index contributed by atoms with van der Waals surface area (Å²) >= 11 is 0. The molecule has 0 unspecified atom stereocenters. The van der Waals surface area contributed by atoms with Crippen molar-refractivity contribution in [3.63, 3.8) is 0 Å². The Balaban J connectivity index is 1.03. The van der Waals surface area contributed by atoms with Crippen molar-refractivity contribution >= 4 is 11.0 Å². The van der Waals surface area contributed by atoms with E-state index in [0.29, 0.717) is 35.4 Å². The van der Waals surface area contributed by atoms with Gasteiger partial charge >= 0.3 is 0 Å². The summed E-state index contributed by atoms with van der Waals surface area (Å²) in [5.41, 5.74) is 3.46. The van der Waals surface area contributed by atoms with Crippen molar-refractivity contribution in [3.8, 4) is 23.1 Å². The van der Waals surface area contributed by atoms with Gasteiger partial charge < -0.3 is 28.3 Å². The Kier molecular flexibility index (Phi) is 5.96. The van der Waals surface area contributed by atoms with Crippen molar-refractivity contribution in [1.82, 2.24) is 9.88 Å². The van der Waals surface area contributed by atoms with Crippen LogP contribution >= 0.6 is 0 Å². The first-order valence-corrected chi connectivity index (χ1v) is 12.4. The molecule has 1 atom stereocenters. The fraction of sp³-hybridized carbons (Fsp3) is 0.393. The molecule has 4 aromatic rings. The largest absolute Gasteiger partial charge is 0.493 e. The monoisotopic (exact) mass is 474 g/mol. The fourth-order valence-electron chi connectivity index (χ4n) is 5.18. The molecule has 0 bridgehead atoms. The van der Waals surface area contributed by atoms with Crippen LogP contribution in [0.4, 0.5) is 0 Å². The summed E-state index contributed by atoms with van der Waals surface area (Å²) in [6.07, 6.45) is 4.32. The maximum absolute atomic E-state index is 10.7. The van der Waals surface area contributed by atoms with Gasteiger partial charge in [0.05, 0.1) is 18.2 Å². The zero-order valence-corrected chi connectivity index (χ0v) is 19.9.